The van der Waals surface area contributed by atoms with Crippen LogP contribution in [0.4, 0.5) is 0 Å². The molecule has 0 aromatic rings. The lowest BCUT2D eigenvalue weighted by atomic mass is 10.1. The molecule has 1 unspecified atom stereocenters. The van der Waals surface area contributed by atoms with Gasteiger partial charge in [0.1, 0.15) is 0 Å². The van der Waals surface area contributed by atoms with Crippen LogP contribution in [-0.2, 0) is 4.79 Å². The maximum Gasteiger partial charge on any atom is 0.226 e. The Balaban J connectivity index is 2.65. The largest absolute Gasteiger partial charge is 0.339 e. The van der Waals surface area contributed by atoms with Crippen molar-refractivity contribution in [1.29, 1.82) is 0 Å². The van der Waals surface area contributed by atoms with Crippen molar-refractivity contribution in [2.45, 2.75) is 52.5 Å². The van der Waals surface area contributed by atoms with Gasteiger partial charge < -0.3 is 10.6 Å². The summed E-state index contributed by atoms with van der Waals surface area (Å²) in [4.78, 5) is 14.3. The van der Waals surface area contributed by atoms with Crippen LogP contribution in [0.3, 0.4) is 0 Å². The summed E-state index contributed by atoms with van der Waals surface area (Å²) in [7, 11) is 0. The van der Waals surface area contributed by atoms with E-state index in [2.05, 4.69) is 18.7 Å². The predicted octanol–water partition coefficient (Wildman–Crippen LogP) is 2.01. The van der Waals surface area contributed by atoms with E-state index in [9.17, 15) is 4.79 Å². The molecule has 3 heteroatoms. The molecule has 3 nitrogen and oxygen atoms in total. The van der Waals surface area contributed by atoms with Crippen LogP contribution in [0.15, 0.2) is 0 Å². The SMILES string of the molecule is CC(C)CN(C(=O)C(C)CN)C1CCCC1. The molecule has 1 aliphatic carbocycles. The van der Waals surface area contributed by atoms with E-state index >= 15 is 0 Å². The summed E-state index contributed by atoms with van der Waals surface area (Å²) in [6, 6.07) is 0.476. The molecular formula is C13H26N2O. The van der Waals surface area contributed by atoms with E-state index < -0.39 is 0 Å². The highest BCUT2D eigenvalue weighted by Crippen LogP contribution is 2.25. The quantitative estimate of drug-likeness (QED) is 0.779. The van der Waals surface area contributed by atoms with Gasteiger partial charge in [0.2, 0.25) is 5.91 Å². The van der Waals surface area contributed by atoms with Crippen LogP contribution in [-0.4, -0.2) is 29.9 Å². The van der Waals surface area contributed by atoms with Crippen molar-refractivity contribution in [3.63, 3.8) is 0 Å². The fourth-order valence-corrected chi connectivity index (χ4v) is 2.41. The summed E-state index contributed by atoms with van der Waals surface area (Å²) in [6.07, 6.45) is 4.89. The number of nitrogens with zero attached hydrogens (tertiary/aromatic N) is 1. The van der Waals surface area contributed by atoms with Gasteiger partial charge in [-0.05, 0) is 18.8 Å². The third-order valence-corrected chi connectivity index (χ3v) is 3.39. The van der Waals surface area contributed by atoms with Crippen LogP contribution in [0.1, 0.15) is 46.5 Å². The molecule has 1 aliphatic rings. The first-order chi connectivity index (χ1) is 7.56. The van der Waals surface area contributed by atoms with Crippen LogP contribution in [0.2, 0.25) is 0 Å². The predicted molar refractivity (Wildman–Crippen MR) is 67.0 cm³/mol. The topological polar surface area (TPSA) is 46.3 Å². The Hall–Kier alpha value is -0.570. The van der Waals surface area contributed by atoms with Crippen LogP contribution < -0.4 is 5.73 Å². The average molecular weight is 226 g/mol. The summed E-state index contributed by atoms with van der Waals surface area (Å²) in [5.74, 6) is 0.761. The maximum atomic E-state index is 12.2. The Morgan fingerprint density at radius 1 is 1.31 bits per heavy atom. The molecule has 1 amide bonds. The summed E-state index contributed by atoms with van der Waals surface area (Å²) < 4.78 is 0. The summed E-state index contributed by atoms with van der Waals surface area (Å²) in [5, 5.41) is 0. The Morgan fingerprint density at radius 3 is 2.31 bits per heavy atom. The molecular weight excluding hydrogens is 200 g/mol. The molecule has 0 aliphatic heterocycles. The van der Waals surface area contributed by atoms with E-state index in [1.54, 1.807) is 0 Å². The van der Waals surface area contributed by atoms with E-state index in [0.717, 1.165) is 6.54 Å². The van der Waals surface area contributed by atoms with Gasteiger partial charge in [-0.15, -0.1) is 0 Å². The lowest BCUT2D eigenvalue weighted by molar-refractivity contribution is -0.137. The monoisotopic (exact) mass is 226 g/mol. The minimum absolute atomic E-state index is 0.0284. The number of nitrogens with two attached hydrogens (primary N) is 1. The Morgan fingerprint density at radius 2 is 1.88 bits per heavy atom. The van der Waals surface area contributed by atoms with Gasteiger partial charge in [-0.25, -0.2) is 0 Å². The third kappa shape index (κ3) is 3.48. The van der Waals surface area contributed by atoms with Crippen molar-refractivity contribution in [2.75, 3.05) is 13.1 Å². The summed E-state index contributed by atoms with van der Waals surface area (Å²) in [6.45, 7) is 7.61. The molecule has 1 saturated carbocycles. The maximum absolute atomic E-state index is 12.2. The van der Waals surface area contributed by atoms with Gasteiger partial charge in [0, 0.05) is 25.0 Å². The van der Waals surface area contributed by atoms with Crippen molar-refractivity contribution in [2.24, 2.45) is 17.6 Å². The zero-order valence-corrected chi connectivity index (χ0v) is 10.9. The smallest absolute Gasteiger partial charge is 0.226 e. The zero-order chi connectivity index (χ0) is 12.1. The number of amides is 1. The molecule has 0 aromatic heterocycles. The number of carbonyl (C=O) groups is 1. The van der Waals surface area contributed by atoms with Crippen molar-refractivity contribution >= 4 is 5.91 Å². The first-order valence-electron chi connectivity index (χ1n) is 6.56. The molecule has 0 bridgehead atoms. The fourth-order valence-electron chi connectivity index (χ4n) is 2.41. The molecule has 0 saturated heterocycles. The number of carbonyl (C=O) groups excluding carboxylic acids is 1. The first kappa shape index (κ1) is 13.5. The molecule has 1 rings (SSSR count). The summed E-state index contributed by atoms with van der Waals surface area (Å²) >= 11 is 0. The zero-order valence-electron chi connectivity index (χ0n) is 10.9. The van der Waals surface area contributed by atoms with E-state index in [4.69, 9.17) is 5.73 Å². The van der Waals surface area contributed by atoms with Gasteiger partial charge in [-0.1, -0.05) is 33.6 Å². The standard InChI is InChI=1S/C13H26N2O/c1-10(2)9-15(12-6-4-5-7-12)13(16)11(3)8-14/h10-12H,4-9,14H2,1-3H3. The van der Waals surface area contributed by atoms with E-state index in [1.807, 2.05) is 6.92 Å². The molecule has 0 aromatic carbocycles. The van der Waals surface area contributed by atoms with Gasteiger partial charge in [-0.3, -0.25) is 4.79 Å². The van der Waals surface area contributed by atoms with Gasteiger partial charge in [0.25, 0.3) is 0 Å². The minimum Gasteiger partial charge on any atom is -0.339 e. The first-order valence-corrected chi connectivity index (χ1v) is 6.56. The molecule has 2 N–H and O–H groups in total. The highest BCUT2D eigenvalue weighted by molar-refractivity contribution is 5.79. The van der Waals surface area contributed by atoms with Crippen molar-refractivity contribution < 1.29 is 4.79 Å². The number of hydrogen-bond donors (Lipinski definition) is 1. The Bertz CT molecular complexity index is 222. The molecule has 1 atom stereocenters. The van der Waals surface area contributed by atoms with E-state index in [1.165, 1.54) is 25.7 Å². The normalized spacial score (nSPS) is 19.1. The van der Waals surface area contributed by atoms with Gasteiger partial charge >= 0.3 is 0 Å². The minimum atomic E-state index is -0.0284. The third-order valence-electron chi connectivity index (χ3n) is 3.39. The van der Waals surface area contributed by atoms with Crippen LogP contribution in [0, 0.1) is 11.8 Å². The second-order valence-electron chi connectivity index (χ2n) is 5.46. The van der Waals surface area contributed by atoms with E-state index in [-0.39, 0.29) is 11.8 Å². The average Bonchev–Trinajstić information content (AvgIpc) is 2.76. The van der Waals surface area contributed by atoms with Gasteiger partial charge in [0.15, 0.2) is 0 Å². The van der Waals surface area contributed by atoms with Crippen LogP contribution in [0.25, 0.3) is 0 Å². The van der Waals surface area contributed by atoms with Gasteiger partial charge in [-0.2, -0.15) is 0 Å². The van der Waals surface area contributed by atoms with E-state index in [0.29, 0.717) is 18.5 Å². The number of hydrogen-bond acceptors (Lipinski definition) is 2. The van der Waals surface area contributed by atoms with Gasteiger partial charge in [0.05, 0.1) is 0 Å². The Kier molecular flexibility index (Phi) is 5.26. The lowest BCUT2D eigenvalue weighted by Gasteiger charge is -2.32. The highest BCUT2D eigenvalue weighted by atomic mass is 16.2. The van der Waals surface area contributed by atoms with Crippen LogP contribution in [0.5, 0.6) is 0 Å². The number of rotatable bonds is 5. The molecule has 1 fully saturated rings. The van der Waals surface area contributed by atoms with Crippen molar-refractivity contribution in [3.8, 4) is 0 Å². The fraction of sp³-hybridized carbons (Fsp3) is 0.923. The molecule has 16 heavy (non-hydrogen) atoms. The molecule has 0 heterocycles. The molecule has 0 spiro atoms. The summed E-state index contributed by atoms with van der Waals surface area (Å²) in [5.41, 5.74) is 5.59. The highest BCUT2D eigenvalue weighted by Gasteiger charge is 2.29. The second kappa shape index (κ2) is 6.24. The molecule has 94 valence electrons. The van der Waals surface area contributed by atoms with Crippen molar-refractivity contribution in [3.05, 3.63) is 0 Å². The molecule has 0 radical (unpaired) electrons. The van der Waals surface area contributed by atoms with Crippen LogP contribution >= 0.6 is 0 Å². The lowest BCUT2D eigenvalue weighted by Crippen LogP contribution is -2.45. The second-order valence-corrected chi connectivity index (χ2v) is 5.46. The Labute approximate surface area is 99.4 Å². The van der Waals surface area contributed by atoms with Crippen molar-refractivity contribution in [1.82, 2.24) is 4.90 Å².